The number of fused-ring (bicyclic) bond motifs is 2. The number of ether oxygens (including phenoxy) is 2. The molecule has 0 fully saturated rings. The number of nitrogens with one attached hydrogen (secondary N) is 2. The van der Waals surface area contributed by atoms with Crippen LogP contribution in [0.1, 0.15) is 41.8 Å². The van der Waals surface area contributed by atoms with Gasteiger partial charge >= 0.3 is 0 Å². The number of carbonyl (C=O) groups excluding carboxylic acids is 1. The van der Waals surface area contributed by atoms with Crippen molar-refractivity contribution in [2.24, 2.45) is 5.92 Å². The van der Waals surface area contributed by atoms with Gasteiger partial charge in [0.25, 0.3) is 0 Å². The molecule has 1 amide bonds. The van der Waals surface area contributed by atoms with Crippen LogP contribution in [-0.4, -0.2) is 36.4 Å². The van der Waals surface area contributed by atoms with E-state index in [1.54, 1.807) is 7.11 Å². The lowest BCUT2D eigenvalue weighted by atomic mass is 9.94. The first-order valence-electron chi connectivity index (χ1n) is 9.84. The van der Waals surface area contributed by atoms with Crippen LogP contribution in [0.15, 0.2) is 18.2 Å². The highest BCUT2D eigenvalue weighted by Gasteiger charge is 2.21. The van der Waals surface area contributed by atoms with Gasteiger partial charge in [0.15, 0.2) is 0 Å². The van der Waals surface area contributed by atoms with Gasteiger partial charge < -0.3 is 14.8 Å². The van der Waals surface area contributed by atoms with Crippen LogP contribution in [0.2, 0.25) is 0 Å². The first-order valence-corrected chi connectivity index (χ1v) is 9.84. The Morgan fingerprint density at radius 1 is 1.37 bits per heavy atom. The van der Waals surface area contributed by atoms with Gasteiger partial charge in [-0.3, -0.25) is 9.89 Å². The van der Waals surface area contributed by atoms with Crippen molar-refractivity contribution < 1.29 is 14.3 Å². The number of hydrogen-bond donors (Lipinski definition) is 2. The number of aromatic amines is 1. The summed E-state index contributed by atoms with van der Waals surface area (Å²) in [6.07, 6.45) is 6.73. The van der Waals surface area contributed by atoms with Crippen molar-refractivity contribution in [1.29, 1.82) is 0 Å². The minimum Gasteiger partial charge on any atom is -0.497 e. The highest BCUT2D eigenvalue weighted by Crippen LogP contribution is 2.30. The fourth-order valence-corrected chi connectivity index (χ4v) is 4.01. The molecule has 2 aliphatic rings. The largest absolute Gasteiger partial charge is 0.497 e. The van der Waals surface area contributed by atoms with Crippen LogP contribution in [0.4, 0.5) is 0 Å². The lowest BCUT2D eigenvalue weighted by Gasteiger charge is -2.25. The van der Waals surface area contributed by atoms with Crippen LogP contribution < -0.4 is 14.8 Å². The van der Waals surface area contributed by atoms with Crippen LogP contribution in [0.3, 0.4) is 0 Å². The average Bonchev–Trinajstić information content (AvgIpc) is 3.13. The van der Waals surface area contributed by atoms with E-state index in [1.807, 2.05) is 18.2 Å². The predicted octanol–water partition coefficient (Wildman–Crippen LogP) is 2.60. The maximum absolute atomic E-state index is 12.3. The molecule has 1 aromatic carbocycles. The average molecular weight is 369 g/mol. The predicted molar refractivity (Wildman–Crippen MR) is 102 cm³/mol. The number of aromatic nitrogens is 2. The molecule has 6 heteroatoms. The molecule has 1 aliphatic heterocycles. The third kappa shape index (κ3) is 4.10. The molecule has 1 unspecified atom stereocenters. The number of amides is 1. The van der Waals surface area contributed by atoms with Gasteiger partial charge in [-0.15, -0.1) is 0 Å². The zero-order valence-corrected chi connectivity index (χ0v) is 15.8. The van der Waals surface area contributed by atoms with Crippen molar-refractivity contribution in [1.82, 2.24) is 15.5 Å². The van der Waals surface area contributed by atoms with Crippen LogP contribution >= 0.6 is 0 Å². The number of H-pyrrole nitrogens is 1. The maximum atomic E-state index is 12.3. The fraction of sp³-hybridized carbons (Fsp3) is 0.524. The highest BCUT2D eigenvalue weighted by molar-refractivity contribution is 5.76. The second-order valence-corrected chi connectivity index (χ2v) is 7.49. The van der Waals surface area contributed by atoms with Crippen molar-refractivity contribution in [2.45, 2.75) is 44.9 Å². The summed E-state index contributed by atoms with van der Waals surface area (Å²) in [5.41, 5.74) is 4.86. The first kappa shape index (κ1) is 17.9. The van der Waals surface area contributed by atoms with Crippen molar-refractivity contribution in [3.8, 4) is 11.5 Å². The maximum Gasteiger partial charge on any atom is 0.220 e. The number of rotatable bonds is 6. The number of carbonyl (C=O) groups is 1. The van der Waals surface area contributed by atoms with E-state index < -0.39 is 0 Å². The third-order valence-electron chi connectivity index (χ3n) is 5.58. The lowest BCUT2D eigenvalue weighted by molar-refractivity contribution is -0.121. The molecule has 0 bridgehead atoms. The Morgan fingerprint density at radius 2 is 2.26 bits per heavy atom. The van der Waals surface area contributed by atoms with Gasteiger partial charge in [0.1, 0.15) is 11.5 Å². The summed E-state index contributed by atoms with van der Waals surface area (Å²) in [6, 6.07) is 5.92. The lowest BCUT2D eigenvalue weighted by Crippen LogP contribution is -2.34. The van der Waals surface area contributed by atoms with Gasteiger partial charge in [-0.1, -0.05) is 6.07 Å². The van der Waals surface area contributed by atoms with E-state index in [4.69, 9.17) is 9.47 Å². The molecule has 6 nitrogen and oxygen atoms in total. The zero-order chi connectivity index (χ0) is 18.6. The Kier molecular flexibility index (Phi) is 5.32. The summed E-state index contributed by atoms with van der Waals surface area (Å²) in [5, 5.41) is 10.6. The molecule has 2 heterocycles. The number of nitrogens with zero attached hydrogens (tertiary/aromatic N) is 1. The normalized spacial score (nSPS) is 18.2. The molecule has 1 aliphatic carbocycles. The number of benzene rings is 1. The standard InChI is InChI=1S/C21H27N3O3/c1-26-16-7-6-15-10-14(13-27-20(15)11-16)12-22-21(25)9-8-19-17-4-2-3-5-18(17)23-24-19/h6-7,11,14H,2-5,8-10,12-13H2,1H3,(H,22,25)(H,23,24). The van der Waals surface area contributed by atoms with Gasteiger partial charge in [0, 0.05) is 37.1 Å². The summed E-state index contributed by atoms with van der Waals surface area (Å²) >= 11 is 0. The van der Waals surface area contributed by atoms with E-state index in [9.17, 15) is 4.79 Å². The molecule has 0 radical (unpaired) electrons. The highest BCUT2D eigenvalue weighted by atomic mass is 16.5. The summed E-state index contributed by atoms with van der Waals surface area (Å²) in [7, 11) is 1.65. The molecule has 144 valence electrons. The molecule has 0 saturated carbocycles. The summed E-state index contributed by atoms with van der Waals surface area (Å²) in [6.45, 7) is 1.26. The molecule has 2 N–H and O–H groups in total. The Hall–Kier alpha value is -2.50. The second-order valence-electron chi connectivity index (χ2n) is 7.49. The molecule has 0 saturated heterocycles. The second kappa shape index (κ2) is 8.03. The molecular formula is C21H27N3O3. The van der Waals surface area contributed by atoms with Gasteiger partial charge in [0.05, 0.1) is 19.4 Å². The summed E-state index contributed by atoms with van der Waals surface area (Å²) in [5.74, 6) is 2.08. The van der Waals surface area contributed by atoms with Gasteiger partial charge in [-0.25, -0.2) is 0 Å². The topological polar surface area (TPSA) is 76.2 Å². The van der Waals surface area contributed by atoms with Gasteiger partial charge in [-0.05, 0) is 49.3 Å². The number of methoxy groups -OCH3 is 1. The number of aryl methyl sites for hydroxylation is 2. The van der Waals surface area contributed by atoms with Gasteiger partial charge in [0.2, 0.25) is 5.91 Å². The van der Waals surface area contributed by atoms with Crippen LogP contribution in [0.5, 0.6) is 11.5 Å². The summed E-state index contributed by atoms with van der Waals surface area (Å²) in [4.78, 5) is 12.3. The first-order chi connectivity index (χ1) is 13.2. The molecule has 27 heavy (non-hydrogen) atoms. The van der Waals surface area contributed by atoms with Crippen LogP contribution in [0, 0.1) is 5.92 Å². The molecule has 2 aromatic rings. The molecule has 1 aromatic heterocycles. The van der Waals surface area contributed by atoms with Crippen molar-refractivity contribution >= 4 is 5.91 Å². The fourth-order valence-electron chi connectivity index (χ4n) is 4.01. The van der Waals surface area contributed by atoms with Crippen LogP contribution in [-0.2, 0) is 30.5 Å². The Morgan fingerprint density at radius 3 is 3.15 bits per heavy atom. The molecule has 4 rings (SSSR count). The number of hydrogen-bond acceptors (Lipinski definition) is 4. The minimum atomic E-state index is 0.0862. The monoisotopic (exact) mass is 369 g/mol. The smallest absolute Gasteiger partial charge is 0.220 e. The minimum absolute atomic E-state index is 0.0862. The van der Waals surface area contributed by atoms with E-state index >= 15 is 0 Å². The molecule has 1 atom stereocenters. The Labute approximate surface area is 159 Å². The van der Waals surface area contributed by atoms with Crippen molar-refractivity contribution in [2.75, 3.05) is 20.3 Å². The molecular weight excluding hydrogens is 342 g/mol. The van der Waals surface area contributed by atoms with E-state index in [0.29, 0.717) is 31.9 Å². The van der Waals surface area contributed by atoms with Crippen molar-refractivity contribution in [3.05, 3.63) is 40.7 Å². The third-order valence-corrected chi connectivity index (χ3v) is 5.58. The van der Waals surface area contributed by atoms with Crippen molar-refractivity contribution in [3.63, 3.8) is 0 Å². The van der Waals surface area contributed by atoms with E-state index in [2.05, 4.69) is 15.5 Å². The quantitative estimate of drug-likeness (QED) is 0.821. The Balaban J connectivity index is 1.24. The van der Waals surface area contributed by atoms with E-state index in [-0.39, 0.29) is 5.91 Å². The molecule has 0 spiro atoms. The zero-order valence-electron chi connectivity index (χ0n) is 15.8. The SMILES string of the molecule is COc1ccc2c(c1)OCC(CNC(=O)CCc1n[nH]c3c1CCCC3)C2. The van der Waals surface area contributed by atoms with E-state index in [1.165, 1.54) is 29.7 Å². The Bertz CT molecular complexity index is 815. The van der Waals surface area contributed by atoms with E-state index in [0.717, 1.165) is 36.5 Å². The van der Waals surface area contributed by atoms with Gasteiger partial charge in [-0.2, -0.15) is 5.10 Å². The van der Waals surface area contributed by atoms with Crippen LogP contribution in [0.25, 0.3) is 0 Å². The summed E-state index contributed by atoms with van der Waals surface area (Å²) < 4.78 is 11.1.